The molecule has 0 atom stereocenters. The van der Waals surface area contributed by atoms with Crippen molar-refractivity contribution in [2.45, 2.75) is 0 Å². The zero-order chi connectivity index (χ0) is 14.9. The van der Waals surface area contributed by atoms with Crippen molar-refractivity contribution in [1.82, 2.24) is 0 Å². The van der Waals surface area contributed by atoms with Crippen LogP contribution in [-0.4, -0.2) is 25.6 Å². The van der Waals surface area contributed by atoms with E-state index in [2.05, 4.69) is 5.16 Å². The Bertz CT molecular complexity index is 596. The summed E-state index contributed by atoms with van der Waals surface area (Å²) >= 11 is 0. The largest absolute Gasteiger partial charge is 0.457 e. The maximum atomic E-state index is 12.0. The van der Waals surface area contributed by atoms with E-state index < -0.39 is 5.97 Å². The van der Waals surface area contributed by atoms with Crippen LogP contribution in [-0.2, 0) is 14.4 Å². The summed E-state index contributed by atoms with van der Waals surface area (Å²) in [5, 5.41) is 3.71. The molecule has 2 aromatic rings. The third kappa shape index (κ3) is 4.35. The average molecular weight is 285 g/mol. The van der Waals surface area contributed by atoms with Gasteiger partial charge >= 0.3 is 5.97 Å². The molecule has 0 aromatic heterocycles. The highest BCUT2D eigenvalue weighted by Gasteiger charge is 2.16. The lowest BCUT2D eigenvalue weighted by molar-refractivity contribution is -0.141. The first-order valence-corrected chi connectivity index (χ1v) is 6.33. The molecule has 0 spiro atoms. The number of ether oxygens (including phenoxy) is 2. The Morgan fingerprint density at radius 3 is 2.24 bits per heavy atom. The van der Waals surface area contributed by atoms with Gasteiger partial charge in [-0.1, -0.05) is 53.7 Å². The fraction of sp³-hybridized carbons (Fsp3) is 0.125. The molecule has 5 nitrogen and oxygen atoms in total. The van der Waals surface area contributed by atoms with Crippen LogP contribution in [0.1, 0.15) is 5.56 Å². The summed E-state index contributed by atoms with van der Waals surface area (Å²) in [6.45, 7) is -0.196. The molecule has 21 heavy (non-hydrogen) atoms. The molecule has 0 N–H and O–H groups in total. The highest BCUT2D eigenvalue weighted by Crippen LogP contribution is 2.09. The van der Waals surface area contributed by atoms with E-state index in [1.54, 1.807) is 36.4 Å². The molecule has 0 amide bonds. The van der Waals surface area contributed by atoms with Crippen LogP contribution in [0.15, 0.2) is 65.8 Å². The molecule has 5 heteroatoms. The number of para-hydroxylation sites is 1. The zero-order valence-corrected chi connectivity index (χ0v) is 11.6. The van der Waals surface area contributed by atoms with Crippen LogP contribution in [0.4, 0.5) is 0 Å². The monoisotopic (exact) mass is 285 g/mol. The van der Waals surface area contributed by atoms with E-state index in [1.165, 1.54) is 7.11 Å². The second-order valence-electron chi connectivity index (χ2n) is 4.00. The predicted molar refractivity (Wildman–Crippen MR) is 78.0 cm³/mol. The lowest BCUT2D eigenvalue weighted by atomic mass is 10.1. The van der Waals surface area contributed by atoms with Gasteiger partial charge in [0.25, 0.3) is 0 Å². The van der Waals surface area contributed by atoms with Gasteiger partial charge in [0.05, 0.1) is 0 Å². The van der Waals surface area contributed by atoms with Gasteiger partial charge in [0.1, 0.15) is 12.9 Å². The highest BCUT2D eigenvalue weighted by molar-refractivity contribution is 6.43. The van der Waals surface area contributed by atoms with Crippen LogP contribution in [0.25, 0.3) is 0 Å². The van der Waals surface area contributed by atoms with Gasteiger partial charge in [0, 0.05) is 5.56 Å². The standard InChI is InChI=1S/C16H15NO4/c1-19-17-15(13-8-4-2-5-9-13)16(18)21-12-20-14-10-6-3-7-11-14/h2-11H,12H2,1H3. The van der Waals surface area contributed by atoms with Gasteiger partial charge in [-0.25, -0.2) is 4.79 Å². The smallest absolute Gasteiger partial charge is 0.363 e. The third-order valence-electron chi connectivity index (χ3n) is 2.58. The lowest BCUT2D eigenvalue weighted by Gasteiger charge is -2.08. The number of esters is 1. The average Bonchev–Trinajstić information content (AvgIpc) is 2.54. The van der Waals surface area contributed by atoms with Gasteiger partial charge in [0.15, 0.2) is 5.71 Å². The summed E-state index contributed by atoms with van der Waals surface area (Å²) in [6, 6.07) is 18.0. The summed E-state index contributed by atoms with van der Waals surface area (Å²) in [5.74, 6) is 0.00854. The van der Waals surface area contributed by atoms with Crippen LogP contribution in [0.3, 0.4) is 0 Å². The Kier molecular flexibility index (Phi) is 5.34. The van der Waals surface area contributed by atoms with E-state index in [9.17, 15) is 4.79 Å². The molecule has 0 bridgehead atoms. The van der Waals surface area contributed by atoms with Gasteiger partial charge in [-0.05, 0) is 12.1 Å². The summed E-state index contributed by atoms with van der Waals surface area (Å²) in [4.78, 5) is 16.7. The molecule has 0 saturated carbocycles. The number of benzene rings is 2. The van der Waals surface area contributed by atoms with Crippen molar-refractivity contribution in [1.29, 1.82) is 0 Å². The number of oxime groups is 1. The van der Waals surface area contributed by atoms with Crippen LogP contribution in [0, 0.1) is 0 Å². The van der Waals surface area contributed by atoms with Crippen molar-refractivity contribution in [3.8, 4) is 5.75 Å². The summed E-state index contributed by atoms with van der Waals surface area (Å²) in [7, 11) is 1.37. The second-order valence-corrected chi connectivity index (χ2v) is 4.00. The van der Waals surface area contributed by atoms with Gasteiger partial charge in [-0.15, -0.1) is 0 Å². The van der Waals surface area contributed by atoms with Gasteiger partial charge < -0.3 is 14.3 Å². The number of carbonyl (C=O) groups excluding carboxylic acids is 1. The van der Waals surface area contributed by atoms with Crippen molar-refractivity contribution >= 4 is 11.7 Å². The molecular weight excluding hydrogens is 270 g/mol. The lowest BCUT2D eigenvalue weighted by Crippen LogP contribution is -2.21. The number of nitrogens with zero attached hydrogens (tertiary/aromatic N) is 1. The van der Waals surface area contributed by atoms with E-state index in [-0.39, 0.29) is 12.5 Å². The maximum Gasteiger partial charge on any atom is 0.363 e. The second kappa shape index (κ2) is 7.69. The minimum Gasteiger partial charge on any atom is -0.457 e. The fourth-order valence-electron chi connectivity index (χ4n) is 1.63. The highest BCUT2D eigenvalue weighted by atomic mass is 16.7. The third-order valence-corrected chi connectivity index (χ3v) is 2.58. The predicted octanol–water partition coefficient (Wildman–Crippen LogP) is 2.62. The first kappa shape index (κ1) is 14.6. The maximum absolute atomic E-state index is 12.0. The van der Waals surface area contributed by atoms with Crippen LogP contribution in [0.2, 0.25) is 0 Å². The van der Waals surface area contributed by atoms with E-state index in [4.69, 9.17) is 14.3 Å². The first-order chi connectivity index (χ1) is 10.3. The van der Waals surface area contributed by atoms with Gasteiger partial charge in [-0.2, -0.15) is 0 Å². The molecule has 0 aliphatic heterocycles. The Hall–Kier alpha value is -2.82. The van der Waals surface area contributed by atoms with Crippen molar-refractivity contribution in [3.63, 3.8) is 0 Å². The van der Waals surface area contributed by atoms with Crippen molar-refractivity contribution in [3.05, 3.63) is 66.2 Å². The first-order valence-electron chi connectivity index (χ1n) is 6.33. The quantitative estimate of drug-likeness (QED) is 0.354. The number of carbonyl (C=O) groups is 1. The fourth-order valence-corrected chi connectivity index (χ4v) is 1.63. The Morgan fingerprint density at radius 2 is 1.62 bits per heavy atom. The minimum atomic E-state index is -0.612. The summed E-state index contributed by atoms with van der Waals surface area (Å²) in [6.07, 6.45) is 0. The van der Waals surface area contributed by atoms with E-state index >= 15 is 0 Å². The molecule has 0 fully saturated rings. The normalized spacial score (nSPS) is 10.8. The molecule has 0 heterocycles. The van der Waals surface area contributed by atoms with E-state index in [0.717, 1.165) is 0 Å². The molecule has 108 valence electrons. The summed E-state index contributed by atoms with van der Waals surface area (Å²) < 4.78 is 10.3. The molecule has 2 rings (SSSR count). The van der Waals surface area contributed by atoms with Crippen LogP contribution < -0.4 is 4.74 Å². The minimum absolute atomic E-state index is 0.0924. The number of hydrogen-bond acceptors (Lipinski definition) is 5. The molecule has 0 aliphatic rings. The van der Waals surface area contributed by atoms with Crippen LogP contribution in [0.5, 0.6) is 5.75 Å². The summed E-state index contributed by atoms with van der Waals surface area (Å²) in [5.41, 5.74) is 0.707. The topological polar surface area (TPSA) is 57.1 Å². The van der Waals surface area contributed by atoms with Crippen molar-refractivity contribution in [2.75, 3.05) is 13.9 Å². The van der Waals surface area contributed by atoms with E-state index in [1.807, 2.05) is 24.3 Å². The molecule has 0 unspecified atom stereocenters. The Morgan fingerprint density at radius 1 is 1.00 bits per heavy atom. The van der Waals surface area contributed by atoms with E-state index in [0.29, 0.717) is 11.3 Å². The van der Waals surface area contributed by atoms with Crippen molar-refractivity contribution in [2.24, 2.45) is 5.16 Å². The molecule has 2 aromatic carbocycles. The molecular formula is C16H15NO4. The zero-order valence-electron chi connectivity index (χ0n) is 11.6. The molecule has 0 radical (unpaired) electrons. The number of hydrogen-bond donors (Lipinski definition) is 0. The van der Waals surface area contributed by atoms with Gasteiger partial charge in [0.2, 0.25) is 6.79 Å². The molecule has 0 saturated heterocycles. The number of rotatable bonds is 6. The Balaban J connectivity index is 1.96. The van der Waals surface area contributed by atoms with Crippen LogP contribution >= 0.6 is 0 Å². The Labute approximate surface area is 122 Å². The molecule has 0 aliphatic carbocycles. The SMILES string of the molecule is CON=C(C(=O)OCOc1ccccc1)c1ccccc1. The van der Waals surface area contributed by atoms with Gasteiger partial charge in [-0.3, -0.25) is 0 Å². The van der Waals surface area contributed by atoms with Crippen molar-refractivity contribution < 1.29 is 19.1 Å².